The number of phenols is 3. The molecule has 0 aliphatic heterocycles. The Morgan fingerprint density at radius 1 is 0.490 bits per heavy atom. The molecule has 15 nitrogen and oxygen atoms in total. The summed E-state index contributed by atoms with van der Waals surface area (Å²) in [6, 6.07) is 13.2. The first-order valence-electron chi connectivity index (χ1n) is 16.2. The lowest BCUT2D eigenvalue weighted by atomic mass is 10.1. The van der Waals surface area contributed by atoms with E-state index in [0.717, 1.165) is 0 Å². The molecule has 0 unspecified atom stereocenters. The van der Waals surface area contributed by atoms with Gasteiger partial charge in [0.25, 0.3) is 0 Å². The van der Waals surface area contributed by atoms with Crippen molar-refractivity contribution in [3.8, 4) is 68.7 Å². The number of esters is 3. The SMILES string of the molecule is CCOC(=O)CCOc1ccc(-c2nc(-c3ccc(OCCC(=O)OCC)cc3O)nc(-c3ccc(OCCC(=O)OCC)cc3O)n2)c(O)c1. The van der Waals surface area contributed by atoms with Crippen LogP contribution in [0.1, 0.15) is 40.0 Å². The first kappa shape index (κ1) is 37.7. The van der Waals surface area contributed by atoms with Crippen LogP contribution in [0.5, 0.6) is 34.5 Å². The predicted molar refractivity (Wildman–Crippen MR) is 181 cm³/mol. The zero-order chi connectivity index (χ0) is 36.8. The van der Waals surface area contributed by atoms with Crippen molar-refractivity contribution in [2.75, 3.05) is 39.6 Å². The largest absolute Gasteiger partial charge is 0.507 e. The Morgan fingerprint density at radius 3 is 1.00 bits per heavy atom. The van der Waals surface area contributed by atoms with Gasteiger partial charge in [-0.25, -0.2) is 15.0 Å². The molecule has 3 N–H and O–H groups in total. The van der Waals surface area contributed by atoms with E-state index >= 15 is 0 Å². The Hall–Kier alpha value is -6.12. The van der Waals surface area contributed by atoms with Crippen LogP contribution in [0.2, 0.25) is 0 Å². The summed E-state index contributed by atoms with van der Waals surface area (Å²) in [5.41, 5.74) is 0.526. The first-order valence-corrected chi connectivity index (χ1v) is 16.2. The van der Waals surface area contributed by atoms with Crippen molar-refractivity contribution in [2.45, 2.75) is 40.0 Å². The van der Waals surface area contributed by atoms with Gasteiger partial charge in [0.15, 0.2) is 17.5 Å². The standard InChI is InChI=1S/C36H39N3O12/c1-4-46-31(43)13-16-49-22-7-10-25(28(40)19-22)34-37-35(26-11-8-23(20-29(26)41)50-17-14-32(44)47-5-2)39-36(38-34)27-12-9-24(21-30(27)42)51-18-15-33(45)48-6-3/h7-12,19-21,40-42H,4-6,13-18H2,1-3H3. The molecule has 15 heteroatoms. The third kappa shape index (κ3) is 10.9. The normalized spacial score (nSPS) is 10.6. The van der Waals surface area contributed by atoms with Crippen LogP contribution in [0.25, 0.3) is 34.2 Å². The monoisotopic (exact) mass is 705 g/mol. The van der Waals surface area contributed by atoms with E-state index in [-0.39, 0.29) is 128 Å². The Bertz CT molecular complexity index is 1610. The molecule has 0 radical (unpaired) electrons. The predicted octanol–water partition coefficient (Wildman–Crippen LogP) is 4.99. The number of hydrogen-bond donors (Lipinski definition) is 3. The summed E-state index contributed by atoms with van der Waals surface area (Å²) in [6.45, 7) is 5.96. The van der Waals surface area contributed by atoms with Crippen molar-refractivity contribution in [1.29, 1.82) is 0 Å². The van der Waals surface area contributed by atoms with Gasteiger partial charge in [-0.2, -0.15) is 0 Å². The van der Waals surface area contributed by atoms with Gasteiger partial charge in [-0.05, 0) is 57.2 Å². The fourth-order valence-electron chi connectivity index (χ4n) is 4.56. The number of nitrogens with zero attached hydrogens (tertiary/aromatic N) is 3. The molecule has 270 valence electrons. The number of benzene rings is 3. The van der Waals surface area contributed by atoms with Crippen molar-refractivity contribution in [3.63, 3.8) is 0 Å². The van der Waals surface area contributed by atoms with Crippen molar-refractivity contribution >= 4 is 17.9 Å². The van der Waals surface area contributed by atoms with E-state index in [1.54, 1.807) is 39.0 Å². The zero-order valence-corrected chi connectivity index (χ0v) is 28.4. The molecule has 3 aromatic carbocycles. The summed E-state index contributed by atoms with van der Waals surface area (Å²) in [5.74, 6) is -1.18. The molecule has 1 heterocycles. The van der Waals surface area contributed by atoms with E-state index in [1.165, 1.54) is 36.4 Å². The summed E-state index contributed by atoms with van der Waals surface area (Å²) in [6.07, 6.45) is 0.0654. The topological polar surface area (TPSA) is 206 Å². The number of rotatable bonds is 18. The number of aromatic nitrogens is 3. The fraction of sp³-hybridized carbons (Fsp3) is 0.333. The lowest BCUT2D eigenvalue weighted by Gasteiger charge is -2.13. The number of carbonyl (C=O) groups is 3. The van der Waals surface area contributed by atoms with Crippen LogP contribution in [0.3, 0.4) is 0 Å². The highest BCUT2D eigenvalue weighted by molar-refractivity contribution is 5.75. The molecule has 51 heavy (non-hydrogen) atoms. The highest BCUT2D eigenvalue weighted by Crippen LogP contribution is 2.37. The van der Waals surface area contributed by atoms with Gasteiger partial charge in [0.2, 0.25) is 0 Å². The zero-order valence-electron chi connectivity index (χ0n) is 28.4. The Morgan fingerprint density at radius 2 is 0.765 bits per heavy atom. The third-order valence-corrected chi connectivity index (χ3v) is 6.91. The number of carbonyl (C=O) groups excluding carboxylic acids is 3. The summed E-state index contributed by atoms with van der Waals surface area (Å²) in [5, 5.41) is 32.9. The highest BCUT2D eigenvalue weighted by atomic mass is 16.5. The van der Waals surface area contributed by atoms with Crippen molar-refractivity contribution < 1.29 is 58.1 Å². The molecular weight excluding hydrogens is 666 g/mol. The van der Waals surface area contributed by atoms with Crippen LogP contribution >= 0.6 is 0 Å². The Labute approximate surface area is 293 Å². The Kier molecular flexibility index (Phi) is 13.7. The minimum absolute atomic E-state index is 0.00565. The lowest BCUT2D eigenvalue weighted by molar-refractivity contribution is -0.144. The van der Waals surface area contributed by atoms with Crippen LogP contribution in [0.4, 0.5) is 0 Å². The molecule has 0 saturated heterocycles. The van der Waals surface area contributed by atoms with Gasteiger partial charge >= 0.3 is 17.9 Å². The number of ether oxygens (including phenoxy) is 6. The molecule has 4 rings (SSSR count). The molecule has 4 aromatic rings. The molecule has 0 fully saturated rings. The van der Waals surface area contributed by atoms with E-state index in [4.69, 9.17) is 28.4 Å². The van der Waals surface area contributed by atoms with Crippen LogP contribution < -0.4 is 14.2 Å². The quantitative estimate of drug-likeness (QED) is 0.0921. The molecule has 1 aromatic heterocycles. The lowest BCUT2D eigenvalue weighted by Crippen LogP contribution is -2.09. The van der Waals surface area contributed by atoms with Crippen molar-refractivity contribution in [2.24, 2.45) is 0 Å². The van der Waals surface area contributed by atoms with Gasteiger partial charge in [-0.1, -0.05) is 0 Å². The summed E-state index contributed by atoms with van der Waals surface area (Å²) >= 11 is 0. The van der Waals surface area contributed by atoms with E-state index in [1.807, 2.05) is 0 Å². The maximum atomic E-state index is 11.7. The fourth-order valence-corrected chi connectivity index (χ4v) is 4.56. The van der Waals surface area contributed by atoms with Crippen LogP contribution in [-0.4, -0.2) is 87.8 Å². The van der Waals surface area contributed by atoms with Gasteiger partial charge in [0.1, 0.15) is 34.5 Å². The Balaban J connectivity index is 1.66. The number of phenolic OH excluding ortho intramolecular Hbond substituents is 3. The molecule has 0 atom stereocenters. The molecular formula is C36H39N3O12. The molecule has 0 aliphatic carbocycles. The summed E-state index contributed by atoms with van der Waals surface area (Å²) in [4.78, 5) is 48.5. The van der Waals surface area contributed by atoms with Gasteiger partial charge in [0, 0.05) is 18.2 Å². The maximum Gasteiger partial charge on any atom is 0.309 e. The molecule has 0 aliphatic rings. The minimum atomic E-state index is -0.414. The average molecular weight is 706 g/mol. The number of aromatic hydroxyl groups is 3. The van der Waals surface area contributed by atoms with Crippen LogP contribution in [0, 0.1) is 0 Å². The highest BCUT2D eigenvalue weighted by Gasteiger charge is 2.20. The summed E-state index contributed by atoms with van der Waals surface area (Å²) < 4.78 is 31.5. The number of hydrogen-bond acceptors (Lipinski definition) is 15. The smallest absolute Gasteiger partial charge is 0.309 e. The van der Waals surface area contributed by atoms with Crippen LogP contribution in [0.15, 0.2) is 54.6 Å². The van der Waals surface area contributed by atoms with E-state index in [0.29, 0.717) is 0 Å². The van der Waals surface area contributed by atoms with Gasteiger partial charge in [-0.15, -0.1) is 0 Å². The van der Waals surface area contributed by atoms with E-state index in [9.17, 15) is 29.7 Å². The molecule has 0 saturated carbocycles. The molecule has 0 amide bonds. The summed E-state index contributed by atoms with van der Waals surface area (Å²) in [7, 11) is 0. The van der Waals surface area contributed by atoms with Crippen LogP contribution in [-0.2, 0) is 28.6 Å². The van der Waals surface area contributed by atoms with Gasteiger partial charge in [0.05, 0.1) is 75.6 Å². The van der Waals surface area contributed by atoms with Crippen molar-refractivity contribution in [1.82, 2.24) is 15.0 Å². The second-order valence-corrected chi connectivity index (χ2v) is 10.6. The second-order valence-electron chi connectivity index (χ2n) is 10.6. The van der Waals surface area contributed by atoms with Gasteiger partial charge < -0.3 is 43.7 Å². The van der Waals surface area contributed by atoms with E-state index in [2.05, 4.69) is 15.0 Å². The molecule has 0 spiro atoms. The minimum Gasteiger partial charge on any atom is -0.507 e. The van der Waals surface area contributed by atoms with Crippen molar-refractivity contribution in [3.05, 3.63) is 54.6 Å². The van der Waals surface area contributed by atoms with E-state index < -0.39 is 17.9 Å². The maximum absolute atomic E-state index is 11.7. The first-order chi connectivity index (χ1) is 24.6. The second kappa shape index (κ2) is 18.6. The third-order valence-electron chi connectivity index (χ3n) is 6.91. The average Bonchev–Trinajstić information content (AvgIpc) is 3.08. The van der Waals surface area contributed by atoms with Gasteiger partial charge in [-0.3, -0.25) is 14.4 Å². The molecule has 0 bridgehead atoms.